The molecule has 6 rings (SSSR count). The standard InChI is InChI=1S/C33H39N3O2S/c1-5-7-22-10-12-24(13-11-22)35-33(37)27-18-28(23-8-6-9-26(17-23)39(4,38)25-14-15-25)30-29-16-20(2)19-34-32(29)36-31(30)21(27)3/h6,8-9,16-19,22,24-25H,4-5,7,10-15H2,1-3H3,(H,34,36)(H,35,37). The summed E-state index contributed by atoms with van der Waals surface area (Å²) in [5, 5.41) is 5.61. The van der Waals surface area contributed by atoms with E-state index in [9.17, 15) is 9.00 Å². The normalized spacial score (nSPS) is 21.2. The average molecular weight is 542 g/mol. The second-order valence-corrected chi connectivity index (χ2v) is 14.4. The van der Waals surface area contributed by atoms with Gasteiger partial charge in [0.25, 0.3) is 5.91 Å². The molecule has 2 aromatic heterocycles. The molecule has 1 unspecified atom stereocenters. The van der Waals surface area contributed by atoms with Crippen LogP contribution in [0.25, 0.3) is 33.1 Å². The van der Waals surface area contributed by atoms with E-state index >= 15 is 0 Å². The van der Waals surface area contributed by atoms with E-state index in [1.54, 1.807) is 0 Å². The summed E-state index contributed by atoms with van der Waals surface area (Å²) in [6.45, 7) is 6.32. The Balaban J connectivity index is 1.45. The molecule has 2 aliphatic carbocycles. The first-order valence-electron chi connectivity index (χ1n) is 14.4. The van der Waals surface area contributed by atoms with Gasteiger partial charge in [0.15, 0.2) is 0 Å². The van der Waals surface area contributed by atoms with Gasteiger partial charge in [0.2, 0.25) is 0 Å². The molecule has 2 N–H and O–H groups in total. The zero-order chi connectivity index (χ0) is 27.3. The molecular weight excluding hydrogens is 502 g/mol. The number of carbonyl (C=O) groups is 1. The van der Waals surface area contributed by atoms with Crippen LogP contribution < -0.4 is 5.32 Å². The van der Waals surface area contributed by atoms with Gasteiger partial charge in [-0.3, -0.25) is 9.00 Å². The van der Waals surface area contributed by atoms with Crippen LogP contribution in [0.2, 0.25) is 0 Å². The molecule has 2 aliphatic rings. The zero-order valence-electron chi connectivity index (χ0n) is 23.3. The molecule has 39 heavy (non-hydrogen) atoms. The van der Waals surface area contributed by atoms with E-state index in [1.165, 1.54) is 25.7 Å². The van der Waals surface area contributed by atoms with Gasteiger partial charge in [0.05, 0.1) is 5.52 Å². The molecule has 1 amide bonds. The van der Waals surface area contributed by atoms with Crippen molar-refractivity contribution in [2.45, 2.75) is 88.3 Å². The molecule has 0 aliphatic heterocycles. The maximum Gasteiger partial charge on any atom is 0.251 e. The van der Waals surface area contributed by atoms with E-state index in [4.69, 9.17) is 0 Å². The molecular formula is C33H39N3O2S. The Hall–Kier alpha value is -3.12. The van der Waals surface area contributed by atoms with Crippen molar-refractivity contribution in [1.29, 1.82) is 0 Å². The Morgan fingerprint density at radius 2 is 1.87 bits per heavy atom. The monoisotopic (exact) mass is 541 g/mol. The summed E-state index contributed by atoms with van der Waals surface area (Å²) in [5.41, 5.74) is 6.33. The number of fused-ring (bicyclic) bond motifs is 3. The van der Waals surface area contributed by atoms with Crippen molar-refractivity contribution in [3.8, 4) is 11.1 Å². The quantitative estimate of drug-likeness (QED) is 0.241. The highest BCUT2D eigenvalue weighted by Gasteiger charge is 2.32. The second kappa shape index (κ2) is 10.1. The van der Waals surface area contributed by atoms with E-state index in [-0.39, 0.29) is 17.2 Å². The van der Waals surface area contributed by atoms with E-state index in [0.717, 1.165) is 80.7 Å². The predicted molar refractivity (Wildman–Crippen MR) is 163 cm³/mol. The SMILES string of the molecule is C=S(=O)(c1cccc(-c2cc(C(=O)NC3CCC(CCC)CC3)c(C)c3[nH]c4ncc(C)cc4c23)c1)C1CC1. The summed E-state index contributed by atoms with van der Waals surface area (Å²) < 4.78 is 13.5. The largest absolute Gasteiger partial charge is 0.349 e. The minimum absolute atomic E-state index is 0.0209. The number of carbonyl (C=O) groups excluding carboxylic acids is 1. The minimum atomic E-state index is -2.35. The third-order valence-electron chi connectivity index (χ3n) is 8.85. The number of hydrogen-bond acceptors (Lipinski definition) is 3. The molecule has 6 heteroatoms. The molecule has 2 fully saturated rings. The molecule has 0 radical (unpaired) electrons. The Kier molecular flexibility index (Phi) is 6.78. The molecule has 2 aromatic carbocycles. The van der Waals surface area contributed by atoms with Crippen molar-refractivity contribution in [2.24, 2.45) is 5.92 Å². The number of pyridine rings is 1. The van der Waals surface area contributed by atoms with Crippen LogP contribution in [0, 0.1) is 19.8 Å². The van der Waals surface area contributed by atoms with Gasteiger partial charge in [-0.05, 0) is 120 Å². The lowest BCUT2D eigenvalue weighted by molar-refractivity contribution is 0.0920. The van der Waals surface area contributed by atoms with Crippen molar-refractivity contribution >= 4 is 43.2 Å². The minimum Gasteiger partial charge on any atom is -0.349 e. The number of benzene rings is 2. The van der Waals surface area contributed by atoms with Crippen molar-refractivity contribution in [2.75, 3.05) is 0 Å². The molecule has 0 bridgehead atoms. The molecule has 2 saturated carbocycles. The van der Waals surface area contributed by atoms with Crippen LogP contribution in [-0.4, -0.2) is 37.2 Å². The lowest BCUT2D eigenvalue weighted by Crippen LogP contribution is -2.38. The Morgan fingerprint density at radius 1 is 1.10 bits per heavy atom. The van der Waals surface area contributed by atoms with Crippen molar-refractivity contribution in [1.82, 2.24) is 15.3 Å². The number of aromatic amines is 1. The van der Waals surface area contributed by atoms with Gasteiger partial charge in [-0.25, -0.2) is 4.98 Å². The molecule has 0 spiro atoms. The van der Waals surface area contributed by atoms with Crippen LogP contribution in [0.1, 0.15) is 79.8 Å². The number of aryl methyl sites for hydroxylation is 2. The summed E-state index contributed by atoms with van der Waals surface area (Å²) in [6, 6.07) is 12.4. The van der Waals surface area contributed by atoms with E-state index in [0.29, 0.717) is 5.56 Å². The summed E-state index contributed by atoms with van der Waals surface area (Å²) in [6.07, 6.45) is 10.8. The van der Waals surface area contributed by atoms with Crippen molar-refractivity contribution < 1.29 is 9.00 Å². The lowest BCUT2D eigenvalue weighted by Gasteiger charge is -2.29. The number of nitrogens with zero attached hydrogens (tertiary/aromatic N) is 1. The molecule has 2 heterocycles. The molecule has 5 nitrogen and oxygen atoms in total. The van der Waals surface area contributed by atoms with Crippen molar-refractivity contribution in [3.05, 3.63) is 59.3 Å². The van der Waals surface area contributed by atoms with Gasteiger partial charge in [0, 0.05) is 38.7 Å². The third kappa shape index (κ3) is 4.88. The Labute approximate surface area is 231 Å². The smallest absolute Gasteiger partial charge is 0.251 e. The maximum absolute atomic E-state index is 13.8. The molecule has 1 atom stereocenters. The molecule has 4 aromatic rings. The summed E-state index contributed by atoms with van der Waals surface area (Å²) >= 11 is 0. The highest BCUT2D eigenvalue weighted by molar-refractivity contribution is 8.01. The van der Waals surface area contributed by atoms with Crippen LogP contribution in [0.3, 0.4) is 0 Å². The van der Waals surface area contributed by atoms with Crippen LogP contribution >= 0.6 is 0 Å². The number of aromatic nitrogens is 2. The van der Waals surface area contributed by atoms with Gasteiger partial charge >= 0.3 is 0 Å². The second-order valence-electron chi connectivity index (χ2n) is 11.8. The first-order chi connectivity index (χ1) is 18.8. The average Bonchev–Trinajstić information content (AvgIpc) is 3.73. The first-order valence-corrected chi connectivity index (χ1v) is 16.2. The predicted octanol–water partition coefficient (Wildman–Crippen LogP) is 7.33. The number of H-pyrrole nitrogens is 1. The van der Waals surface area contributed by atoms with Crippen LogP contribution in [-0.2, 0) is 9.52 Å². The number of rotatable bonds is 7. The fourth-order valence-corrected chi connectivity index (χ4v) is 8.36. The van der Waals surface area contributed by atoms with Crippen LogP contribution in [0.5, 0.6) is 0 Å². The first kappa shape index (κ1) is 26.1. The van der Waals surface area contributed by atoms with Crippen LogP contribution in [0.15, 0.2) is 47.5 Å². The number of amides is 1. The topological polar surface area (TPSA) is 74.8 Å². The van der Waals surface area contributed by atoms with Gasteiger partial charge in [-0.2, -0.15) is 0 Å². The number of hydrogen-bond donors (Lipinski definition) is 2. The van der Waals surface area contributed by atoms with E-state index < -0.39 is 9.52 Å². The molecule has 0 saturated heterocycles. The van der Waals surface area contributed by atoms with E-state index in [1.807, 2.05) is 44.3 Å². The Morgan fingerprint density at radius 3 is 2.59 bits per heavy atom. The van der Waals surface area contributed by atoms with Gasteiger partial charge in [-0.15, -0.1) is 0 Å². The highest BCUT2D eigenvalue weighted by Crippen LogP contribution is 2.40. The lowest BCUT2D eigenvalue weighted by atomic mass is 9.83. The fourth-order valence-electron chi connectivity index (χ4n) is 6.45. The summed E-state index contributed by atoms with van der Waals surface area (Å²) in [4.78, 5) is 22.7. The van der Waals surface area contributed by atoms with Gasteiger partial charge < -0.3 is 10.3 Å². The Bertz CT molecular complexity index is 1670. The fraction of sp³-hybridized carbons (Fsp3) is 0.424. The zero-order valence-corrected chi connectivity index (χ0v) is 24.1. The van der Waals surface area contributed by atoms with Crippen molar-refractivity contribution in [3.63, 3.8) is 0 Å². The van der Waals surface area contributed by atoms with Gasteiger partial charge in [0.1, 0.15) is 5.65 Å². The molecule has 204 valence electrons. The maximum atomic E-state index is 13.8. The summed E-state index contributed by atoms with van der Waals surface area (Å²) in [5.74, 6) is 4.91. The van der Waals surface area contributed by atoms with Gasteiger partial charge in [-0.1, -0.05) is 31.9 Å². The third-order valence-corrected chi connectivity index (χ3v) is 11.5. The summed E-state index contributed by atoms with van der Waals surface area (Å²) in [7, 11) is -2.35. The van der Waals surface area contributed by atoms with Crippen LogP contribution in [0.4, 0.5) is 0 Å². The number of nitrogens with one attached hydrogen (secondary N) is 2. The highest BCUT2D eigenvalue weighted by atomic mass is 32.2. The van der Waals surface area contributed by atoms with E-state index in [2.05, 4.69) is 40.2 Å².